The van der Waals surface area contributed by atoms with Crippen LogP contribution in [0.5, 0.6) is 5.75 Å². The van der Waals surface area contributed by atoms with Crippen molar-refractivity contribution >= 4 is 23.4 Å². The standard InChI is InChI=1S/C17H20ClN3O2/c1-17(2,3)21-16(22)20-15-14(8-5-9-19-15)23-11-12-6-4-7-13(18)10-12/h4-10H,11H2,1-3H3,(H2,19,20,21,22). The molecule has 0 atom stereocenters. The summed E-state index contributed by atoms with van der Waals surface area (Å²) < 4.78 is 5.75. The lowest BCUT2D eigenvalue weighted by Gasteiger charge is -2.21. The van der Waals surface area contributed by atoms with Crippen LogP contribution in [0, 0.1) is 0 Å². The van der Waals surface area contributed by atoms with Crippen LogP contribution < -0.4 is 15.4 Å². The highest BCUT2D eigenvalue weighted by Crippen LogP contribution is 2.22. The average molecular weight is 334 g/mol. The van der Waals surface area contributed by atoms with Crippen LogP contribution >= 0.6 is 11.6 Å². The number of hydrogen-bond donors (Lipinski definition) is 2. The Bertz CT molecular complexity index is 684. The molecular weight excluding hydrogens is 314 g/mol. The van der Waals surface area contributed by atoms with E-state index in [9.17, 15) is 4.79 Å². The number of aromatic nitrogens is 1. The van der Waals surface area contributed by atoms with Gasteiger partial charge in [-0.3, -0.25) is 5.32 Å². The molecule has 0 aliphatic rings. The Balaban J connectivity index is 2.04. The first kappa shape index (κ1) is 17.1. The van der Waals surface area contributed by atoms with Crippen LogP contribution in [-0.4, -0.2) is 16.6 Å². The van der Waals surface area contributed by atoms with Crippen LogP contribution in [0.1, 0.15) is 26.3 Å². The quantitative estimate of drug-likeness (QED) is 0.879. The summed E-state index contributed by atoms with van der Waals surface area (Å²) in [4.78, 5) is 16.1. The number of carbonyl (C=O) groups excluding carboxylic acids is 1. The molecule has 2 aromatic rings. The van der Waals surface area contributed by atoms with E-state index in [1.54, 1.807) is 24.4 Å². The van der Waals surface area contributed by atoms with Crippen molar-refractivity contribution in [3.05, 3.63) is 53.2 Å². The number of nitrogens with one attached hydrogen (secondary N) is 2. The van der Waals surface area contributed by atoms with Gasteiger partial charge < -0.3 is 10.1 Å². The number of benzene rings is 1. The SMILES string of the molecule is CC(C)(C)NC(=O)Nc1ncccc1OCc1cccc(Cl)c1. The summed E-state index contributed by atoms with van der Waals surface area (Å²) in [7, 11) is 0. The number of urea groups is 1. The Labute approximate surface area is 141 Å². The highest BCUT2D eigenvalue weighted by atomic mass is 35.5. The maximum absolute atomic E-state index is 12.0. The monoisotopic (exact) mass is 333 g/mol. The van der Waals surface area contributed by atoms with Gasteiger partial charge in [-0.15, -0.1) is 0 Å². The highest BCUT2D eigenvalue weighted by Gasteiger charge is 2.15. The molecule has 6 heteroatoms. The molecule has 1 heterocycles. The molecule has 0 saturated heterocycles. The van der Waals surface area contributed by atoms with Crippen LogP contribution in [0.15, 0.2) is 42.6 Å². The Hall–Kier alpha value is -2.27. The van der Waals surface area contributed by atoms with E-state index < -0.39 is 0 Å². The first-order valence-electron chi connectivity index (χ1n) is 7.25. The van der Waals surface area contributed by atoms with Crippen LogP contribution in [-0.2, 0) is 6.61 Å². The van der Waals surface area contributed by atoms with Crippen molar-refractivity contribution in [3.8, 4) is 5.75 Å². The smallest absolute Gasteiger partial charge is 0.320 e. The largest absolute Gasteiger partial charge is 0.485 e. The lowest BCUT2D eigenvalue weighted by atomic mass is 10.1. The minimum atomic E-state index is -0.333. The van der Waals surface area contributed by atoms with Gasteiger partial charge in [0.25, 0.3) is 0 Å². The van der Waals surface area contributed by atoms with Crippen LogP contribution in [0.2, 0.25) is 5.02 Å². The first-order chi connectivity index (χ1) is 10.8. The van der Waals surface area contributed by atoms with E-state index in [2.05, 4.69) is 15.6 Å². The van der Waals surface area contributed by atoms with Crippen molar-refractivity contribution in [1.29, 1.82) is 0 Å². The van der Waals surface area contributed by atoms with Gasteiger partial charge in [0.1, 0.15) is 6.61 Å². The van der Waals surface area contributed by atoms with Gasteiger partial charge in [0.15, 0.2) is 11.6 Å². The Kier molecular flexibility index (Phi) is 5.45. The number of amides is 2. The van der Waals surface area contributed by atoms with E-state index in [-0.39, 0.29) is 11.6 Å². The molecule has 1 aromatic carbocycles. The molecule has 23 heavy (non-hydrogen) atoms. The summed E-state index contributed by atoms with van der Waals surface area (Å²) in [6.45, 7) is 6.05. The Morgan fingerprint density at radius 1 is 1.26 bits per heavy atom. The molecule has 2 N–H and O–H groups in total. The van der Waals surface area contributed by atoms with Gasteiger partial charge in [0, 0.05) is 16.8 Å². The third-order valence-electron chi connectivity index (χ3n) is 2.77. The zero-order valence-corrected chi connectivity index (χ0v) is 14.1. The molecule has 122 valence electrons. The number of carbonyl (C=O) groups is 1. The first-order valence-corrected chi connectivity index (χ1v) is 7.63. The lowest BCUT2D eigenvalue weighted by molar-refractivity contribution is 0.243. The molecule has 0 aliphatic carbocycles. The Morgan fingerprint density at radius 3 is 2.74 bits per heavy atom. The van der Waals surface area contributed by atoms with E-state index in [4.69, 9.17) is 16.3 Å². The van der Waals surface area contributed by atoms with Gasteiger partial charge >= 0.3 is 6.03 Å². The van der Waals surface area contributed by atoms with Crippen molar-refractivity contribution in [3.63, 3.8) is 0 Å². The fourth-order valence-corrected chi connectivity index (χ4v) is 2.08. The summed E-state index contributed by atoms with van der Waals surface area (Å²) in [5.41, 5.74) is 0.604. The van der Waals surface area contributed by atoms with Gasteiger partial charge in [-0.1, -0.05) is 23.7 Å². The second-order valence-corrected chi connectivity index (χ2v) is 6.53. The summed E-state index contributed by atoms with van der Waals surface area (Å²) in [5.74, 6) is 0.868. The van der Waals surface area contributed by atoms with Gasteiger partial charge in [0.05, 0.1) is 0 Å². The van der Waals surface area contributed by atoms with Gasteiger partial charge in [-0.25, -0.2) is 9.78 Å². The summed E-state index contributed by atoms with van der Waals surface area (Å²) in [5, 5.41) is 6.17. The van der Waals surface area contributed by atoms with E-state index in [0.717, 1.165) is 5.56 Å². The predicted octanol–water partition coefficient (Wildman–Crippen LogP) is 4.23. The summed E-state index contributed by atoms with van der Waals surface area (Å²) in [6, 6.07) is 10.6. The third kappa shape index (κ3) is 5.79. The van der Waals surface area contributed by atoms with Gasteiger partial charge in [-0.2, -0.15) is 0 Å². The topological polar surface area (TPSA) is 63.2 Å². The normalized spacial score (nSPS) is 11.0. The van der Waals surface area contributed by atoms with Crippen molar-refractivity contribution in [2.45, 2.75) is 32.9 Å². The molecule has 2 amide bonds. The van der Waals surface area contributed by atoms with Crippen LogP contribution in [0.4, 0.5) is 10.6 Å². The number of ether oxygens (including phenoxy) is 1. The third-order valence-corrected chi connectivity index (χ3v) is 3.01. The molecule has 0 radical (unpaired) electrons. The zero-order chi connectivity index (χ0) is 16.9. The number of nitrogens with zero attached hydrogens (tertiary/aromatic N) is 1. The van der Waals surface area contributed by atoms with Crippen molar-refractivity contribution in [1.82, 2.24) is 10.3 Å². The number of hydrogen-bond acceptors (Lipinski definition) is 3. The van der Waals surface area contributed by atoms with Crippen molar-refractivity contribution in [2.75, 3.05) is 5.32 Å². The van der Waals surface area contributed by atoms with E-state index in [1.807, 2.05) is 39.0 Å². The highest BCUT2D eigenvalue weighted by molar-refractivity contribution is 6.30. The number of rotatable bonds is 4. The minimum absolute atomic E-state index is 0.330. The van der Waals surface area contributed by atoms with Crippen LogP contribution in [0.3, 0.4) is 0 Å². The minimum Gasteiger partial charge on any atom is -0.485 e. The fourth-order valence-electron chi connectivity index (χ4n) is 1.87. The molecule has 5 nitrogen and oxygen atoms in total. The van der Waals surface area contributed by atoms with Gasteiger partial charge in [0.2, 0.25) is 0 Å². The summed E-state index contributed by atoms with van der Waals surface area (Å²) in [6.07, 6.45) is 1.60. The average Bonchev–Trinajstić information content (AvgIpc) is 2.44. The van der Waals surface area contributed by atoms with E-state index in [0.29, 0.717) is 23.2 Å². The number of anilines is 1. The second-order valence-electron chi connectivity index (χ2n) is 6.10. The lowest BCUT2D eigenvalue weighted by Crippen LogP contribution is -2.43. The van der Waals surface area contributed by atoms with E-state index >= 15 is 0 Å². The number of pyridine rings is 1. The molecule has 0 saturated carbocycles. The molecule has 2 rings (SSSR count). The predicted molar refractivity (Wildman–Crippen MR) is 91.9 cm³/mol. The fraction of sp³-hybridized carbons (Fsp3) is 0.294. The molecule has 0 fully saturated rings. The van der Waals surface area contributed by atoms with Crippen molar-refractivity contribution < 1.29 is 9.53 Å². The van der Waals surface area contributed by atoms with Gasteiger partial charge in [-0.05, 0) is 50.6 Å². The molecule has 0 bridgehead atoms. The van der Waals surface area contributed by atoms with E-state index in [1.165, 1.54) is 0 Å². The number of halogens is 1. The maximum atomic E-state index is 12.0. The maximum Gasteiger partial charge on any atom is 0.320 e. The van der Waals surface area contributed by atoms with Crippen molar-refractivity contribution in [2.24, 2.45) is 0 Å². The molecule has 1 aromatic heterocycles. The second kappa shape index (κ2) is 7.33. The molecule has 0 aliphatic heterocycles. The summed E-state index contributed by atoms with van der Waals surface area (Å²) >= 11 is 5.96. The zero-order valence-electron chi connectivity index (χ0n) is 13.4. The molecule has 0 unspecified atom stereocenters. The molecule has 0 spiro atoms. The Morgan fingerprint density at radius 2 is 2.04 bits per heavy atom. The van der Waals surface area contributed by atoms with Crippen LogP contribution in [0.25, 0.3) is 0 Å². The molecular formula is C17H20ClN3O2.